The van der Waals surface area contributed by atoms with E-state index in [2.05, 4.69) is 15.6 Å². The first kappa shape index (κ1) is 22.0. The number of rotatable bonds is 5. The van der Waals surface area contributed by atoms with Gasteiger partial charge in [0.2, 0.25) is 5.91 Å². The molecule has 3 rings (SSSR count). The number of thiazole rings is 1. The van der Waals surface area contributed by atoms with E-state index in [1.807, 2.05) is 42.6 Å². The molecule has 1 aromatic carbocycles. The number of amides is 1. The molecule has 0 radical (unpaired) electrons. The summed E-state index contributed by atoms with van der Waals surface area (Å²) in [7, 11) is 0. The molecule has 28 heavy (non-hydrogen) atoms. The van der Waals surface area contributed by atoms with E-state index in [9.17, 15) is 9.90 Å². The summed E-state index contributed by atoms with van der Waals surface area (Å²) >= 11 is 1.60. The molecule has 1 fully saturated rings. The lowest BCUT2D eigenvalue weighted by Gasteiger charge is -2.43. The number of aliphatic carboxylic acids is 1. The fraction of sp³-hybridized carbons (Fsp3) is 0.450. The number of carboxylic acids is 1. The zero-order chi connectivity index (χ0) is 20.6. The van der Waals surface area contributed by atoms with Gasteiger partial charge in [-0.25, -0.2) is 4.98 Å². The first-order chi connectivity index (χ1) is 13.3. The van der Waals surface area contributed by atoms with Crippen LogP contribution in [0.15, 0.2) is 35.7 Å². The van der Waals surface area contributed by atoms with E-state index < -0.39 is 17.6 Å². The Hall–Kier alpha value is -2.29. The molecule has 1 aromatic heterocycles. The van der Waals surface area contributed by atoms with Crippen LogP contribution in [0.2, 0.25) is 0 Å². The maximum atomic E-state index is 12.5. The standard InChI is InChI=1S/C18H23N3O2S.C2H4O2/c1-13-20-15(12-24-13)7-8-17(23)21-18(9-10-19-11-16(18)22)14-5-3-2-4-6-14;1-2(3)4/h2-6,12,16,19,22H,7-11H2,1H3,(H,21,23);1H3,(H,3,4)/t16-,18-;/m1./s1. The molecule has 0 bridgehead atoms. The molecule has 4 N–H and O–H groups in total. The zero-order valence-electron chi connectivity index (χ0n) is 16.1. The molecule has 0 saturated carbocycles. The van der Waals surface area contributed by atoms with Crippen molar-refractivity contribution in [3.63, 3.8) is 0 Å². The molecule has 1 aliphatic rings. The number of aliphatic hydroxyl groups is 1. The van der Waals surface area contributed by atoms with Crippen molar-refractivity contribution in [1.29, 1.82) is 0 Å². The molecule has 1 amide bonds. The van der Waals surface area contributed by atoms with Crippen molar-refractivity contribution in [3.8, 4) is 0 Å². The van der Waals surface area contributed by atoms with Crippen LogP contribution in [0.1, 0.15) is 36.0 Å². The molecule has 8 heteroatoms. The molecular weight excluding hydrogens is 378 g/mol. The highest BCUT2D eigenvalue weighted by molar-refractivity contribution is 7.09. The van der Waals surface area contributed by atoms with Crippen molar-refractivity contribution in [2.45, 2.75) is 44.8 Å². The van der Waals surface area contributed by atoms with Crippen LogP contribution >= 0.6 is 11.3 Å². The molecule has 1 saturated heterocycles. The quantitative estimate of drug-likeness (QED) is 0.604. The van der Waals surface area contributed by atoms with Crippen LogP contribution in [0.3, 0.4) is 0 Å². The van der Waals surface area contributed by atoms with Gasteiger partial charge >= 0.3 is 0 Å². The predicted octanol–water partition coefficient (Wildman–Crippen LogP) is 1.84. The van der Waals surface area contributed by atoms with E-state index in [0.29, 0.717) is 25.8 Å². The summed E-state index contributed by atoms with van der Waals surface area (Å²) < 4.78 is 0. The summed E-state index contributed by atoms with van der Waals surface area (Å²) in [4.78, 5) is 25.9. The van der Waals surface area contributed by atoms with Gasteiger partial charge in [-0.1, -0.05) is 30.3 Å². The third-order valence-electron chi connectivity index (χ3n) is 4.53. The van der Waals surface area contributed by atoms with Crippen LogP contribution in [-0.2, 0) is 21.5 Å². The Morgan fingerprint density at radius 3 is 2.61 bits per heavy atom. The molecule has 2 heterocycles. The van der Waals surface area contributed by atoms with E-state index in [0.717, 1.165) is 29.7 Å². The largest absolute Gasteiger partial charge is 0.481 e. The minimum atomic E-state index is -0.833. The molecule has 1 aliphatic heterocycles. The Morgan fingerprint density at radius 2 is 2.04 bits per heavy atom. The normalized spacial score (nSPS) is 21.3. The van der Waals surface area contributed by atoms with Gasteiger partial charge in [-0.3, -0.25) is 9.59 Å². The average molecular weight is 406 g/mol. The van der Waals surface area contributed by atoms with Crippen LogP contribution < -0.4 is 10.6 Å². The number of hydrogen-bond acceptors (Lipinski definition) is 6. The molecule has 152 valence electrons. The van der Waals surface area contributed by atoms with Crippen LogP contribution in [0.5, 0.6) is 0 Å². The second kappa shape index (κ2) is 10.3. The average Bonchev–Trinajstić information content (AvgIpc) is 3.08. The SMILES string of the molecule is CC(=O)O.Cc1nc(CCC(=O)N[C@@]2(c3ccccc3)CCNC[C@H]2O)cs1. The maximum Gasteiger partial charge on any atom is 0.300 e. The highest BCUT2D eigenvalue weighted by Crippen LogP contribution is 2.31. The summed E-state index contributed by atoms with van der Waals surface area (Å²) in [6, 6.07) is 9.76. The lowest BCUT2D eigenvalue weighted by molar-refractivity contribution is -0.134. The number of benzene rings is 1. The number of hydrogen-bond donors (Lipinski definition) is 4. The Bertz CT molecular complexity index is 777. The van der Waals surface area contributed by atoms with Gasteiger partial charge < -0.3 is 20.8 Å². The smallest absolute Gasteiger partial charge is 0.300 e. The minimum absolute atomic E-state index is 0.0505. The fourth-order valence-electron chi connectivity index (χ4n) is 3.23. The van der Waals surface area contributed by atoms with Gasteiger partial charge in [-0.2, -0.15) is 0 Å². The lowest BCUT2D eigenvalue weighted by atomic mass is 9.79. The Labute approximate surface area is 168 Å². The van der Waals surface area contributed by atoms with E-state index >= 15 is 0 Å². The van der Waals surface area contributed by atoms with Gasteiger partial charge in [0, 0.05) is 25.3 Å². The number of aliphatic hydroxyl groups excluding tert-OH is 1. The third-order valence-corrected chi connectivity index (χ3v) is 5.35. The Kier molecular flexibility index (Phi) is 8.10. The number of β-amino-alcohol motifs (C(OH)–C–C–N with tert-alkyl or cyclic N) is 1. The van der Waals surface area contributed by atoms with Gasteiger partial charge in [-0.05, 0) is 31.9 Å². The van der Waals surface area contributed by atoms with Crippen LogP contribution in [0.25, 0.3) is 0 Å². The summed E-state index contributed by atoms with van der Waals surface area (Å²) in [5.74, 6) is -0.884. The van der Waals surface area contributed by atoms with Gasteiger partial charge in [-0.15, -0.1) is 11.3 Å². The van der Waals surface area contributed by atoms with Crippen LogP contribution in [0, 0.1) is 6.92 Å². The molecule has 0 unspecified atom stereocenters. The van der Waals surface area contributed by atoms with Crippen molar-refractivity contribution in [2.75, 3.05) is 13.1 Å². The maximum absolute atomic E-state index is 12.5. The van der Waals surface area contributed by atoms with Crippen molar-refractivity contribution < 1.29 is 19.8 Å². The summed E-state index contributed by atoms with van der Waals surface area (Å²) in [6.45, 7) is 4.28. The van der Waals surface area contributed by atoms with Crippen molar-refractivity contribution in [1.82, 2.24) is 15.6 Å². The van der Waals surface area contributed by atoms with Crippen LogP contribution in [-0.4, -0.2) is 46.3 Å². The summed E-state index contributed by atoms with van der Waals surface area (Å²) in [5.41, 5.74) is 1.19. The number of piperidine rings is 1. The topological polar surface area (TPSA) is 112 Å². The molecular formula is C20H27N3O4S. The van der Waals surface area contributed by atoms with Gasteiger partial charge in [0.1, 0.15) is 0 Å². The van der Waals surface area contributed by atoms with Crippen molar-refractivity contribution >= 4 is 23.2 Å². The van der Waals surface area contributed by atoms with E-state index in [1.54, 1.807) is 11.3 Å². The Morgan fingerprint density at radius 1 is 1.36 bits per heavy atom. The monoisotopic (exact) mass is 405 g/mol. The summed E-state index contributed by atoms with van der Waals surface area (Å²) in [5, 5.41) is 27.4. The molecule has 2 atom stereocenters. The number of aromatic nitrogens is 1. The number of nitrogens with zero attached hydrogens (tertiary/aromatic N) is 1. The number of aryl methyl sites for hydroxylation is 2. The molecule has 7 nitrogen and oxygen atoms in total. The Balaban J connectivity index is 0.000000640. The van der Waals surface area contributed by atoms with E-state index in [4.69, 9.17) is 9.90 Å². The molecule has 0 aliphatic carbocycles. The van der Waals surface area contributed by atoms with E-state index in [-0.39, 0.29) is 5.91 Å². The zero-order valence-corrected chi connectivity index (χ0v) is 17.0. The molecule has 2 aromatic rings. The predicted molar refractivity (Wildman–Crippen MR) is 108 cm³/mol. The van der Waals surface area contributed by atoms with Gasteiger partial charge in [0.05, 0.1) is 22.3 Å². The second-order valence-corrected chi connectivity index (χ2v) is 7.79. The third kappa shape index (κ3) is 6.12. The number of carbonyl (C=O) groups excluding carboxylic acids is 1. The van der Waals surface area contributed by atoms with Crippen molar-refractivity contribution in [2.24, 2.45) is 0 Å². The lowest BCUT2D eigenvalue weighted by Crippen LogP contribution is -2.61. The fourth-order valence-corrected chi connectivity index (χ4v) is 3.88. The van der Waals surface area contributed by atoms with Crippen molar-refractivity contribution in [3.05, 3.63) is 52.0 Å². The molecule has 0 spiro atoms. The first-order valence-electron chi connectivity index (χ1n) is 9.19. The first-order valence-corrected chi connectivity index (χ1v) is 10.1. The minimum Gasteiger partial charge on any atom is -0.481 e. The summed E-state index contributed by atoms with van der Waals surface area (Å²) in [6.07, 6.45) is 1.01. The van der Waals surface area contributed by atoms with Gasteiger partial charge in [0.15, 0.2) is 0 Å². The number of nitrogens with one attached hydrogen (secondary N) is 2. The van der Waals surface area contributed by atoms with E-state index in [1.165, 1.54) is 0 Å². The highest BCUT2D eigenvalue weighted by atomic mass is 32.1. The highest BCUT2D eigenvalue weighted by Gasteiger charge is 2.42. The number of carboxylic acid groups (broad SMARTS) is 1. The van der Waals surface area contributed by atoms with Crippen LogP contribution in [0.4, 0.5) is 0 Å². The number of carbonyl (C=O) groups is 2. The van der Waals surface area contributed by atoms with Gasteiger partial charge in [0.25, 0.3) is 5.97 Å². The second-order valence-electron chi connectivity index (χ2n) is 6.73.